The number of benzene rings is 1. The van der Waals surface area contributed by atoms with E-state index in [-0.39, 0.29) is 30.0 Å². The average molecular weight is 364 g/mol. The normalized spacial score (nSPS) is 17.5. The molecule has 8 heteroatoms. The minimum Gasteiger partial charge on any atom is -0.467 e. The van der Waals surface area contributed by atoms with E-state index in [0.717, 1.165) is 12.8 Å². The van der Waals surface area contributed by atoms with Crippen LogP contribution in [-0.4, -0.2) is 33.6 Å². The minimum atomic E-state index is -3.61. The summed E-state index contributed by atoms with van der Waals surface area (Å²) in [6.45, 7) is 1.21. The van der Waals surface area contributed by atoms with E-state index in [1.807, 2.05) is 0 Å². The molecule has 1 aromatic heterocycles. The van der Waals surface area contributed by atoms with E-state index in [1.165, 1.54) is 30.5 Å². The largest absolute Gasteiger partial charge is 0.467 e. The molecule has 0 saturated carbocycles. The molecule has 3 rings (SSSR count). The number of ether oxygens (including phenoxy) is 1. The van der Waals surface area contributed by atoms with Gasteiger partial charge >= 0.3 is 0 Å². The fraction of sp³-hybridized carbons (Fsp3) is 0.353. The molecule has 0 spiro atoms. The highest BCUT2D eigenvalue weighted by atomic mass is 32.2. The van der Waals surface area contributed by atoms with Crippen LogP contribution < -0.4 is 10.0 Å². The van der Waals surface area contributed by atoms with Crippen LogP contribution in [0, 0.1) is 0 Å². The van der Waals surface area contributed by atoms with E-state index >= 15 is 0 Å². The Morgan fingerprint density at radius 2 is 2.00 bits per heavy atom. The van der Waals surface area contributed by atoms with Crippen molar-refractivity contribution in [2.24, 2.45) is 0 Å². The van der Waals surface area contributed by atoms with Gasteiger partial charge in [-0.05, 0) is 49.2 Å². The van der Waals surface area contributed by atoms with E-state index in [9.17, 15) is 13.2 Å². The van der Waals surface area contributed by atoms with Crippen LogP contribution in [0.3, 0.4) is 0 Å². The van der Waals surface area contributed by atoms with Gasteiger partial charge in [-0.15, -0.1) is 0 Å². The van der Waals surface area contributed by atoms with Crippen LogP contribution in [0.25, 0.3) is 0 Å². The van der Waals surface area contributed by atoms with E-state index in [2.05, 4.69) is 10.0 Å². The third kappa shape index (κ3) is 4.68. The van der Waals surface area contributed by atoms with Crippen molar-refractivity contribution in [2.75, 3.05) is 13.2 Å². The molecule has 0 bridgehead atoms. The van der Waals surface area contributed by atoms with Gasteiger partial charge in [-0.3, -0.25) is 4.79 Å². The molecular weight excluding hydrogens is 344 g/mol. The van der Waals surface area contributed by atoms with Gasteiger partial charge in [0.15, 0.2) is 0 Å². The van der Waals surface area contributed by atoms with Crippen molar-refractivity contribution in [2.45, 2.75) is 30.4 Å². The number of furan rings is 1. The number of amides is 1. The van der Waals surface area contributed by atoms with Crippen molar-refractivity contribution in [3.63, 3.8) is 0 Å². The Balaban J connectivity index is 1.57. The number of sulfonamides is 1. The Labute approximate surface area is 146 Å². The lowest BCUT2D eigenvalue weighted by molar-refractivity contribution is 0.0948. The molecule has 7 nitrogen and oxygen atoms in total. The predicted octanol–water partition coefficient (Wildman–Crippen LogP) is 1.67. The molecule has 0 radical (unpaired) electrons. The highest BCUT2D eigenvalue weighted by Crippen LogP contribution is 2.14. The van der Waals surface area contributed by atoms with Gasteiger partial charge < -0.3 is 14.5 Å². The van der Waals surface area contributed by atoms with Gasteiger partial charge in [0.1, 0.15) is 5.76 Å². The zero-order valence-corrected chi connectivity index (χ0v) is 14.4. The summed E-state index contributed by atoms with van der Waals surface area (Å²) in [4.78, 5) is 12.2. The lowest BCUT2D eigenvalue weighted by Crippen LogP contribution is -2.31. The summed E-state index contributed by atoms with van der Waals surface area (Å²) in [5.74, 6) is 0.346. The summed E-state index contributed by atoms with van der Waals surface area (Å²) in [6, 6.07) is 9.30. The van der Waals surface area contributed by atoms with Gasteiger partial charge in [0.25, 0.3) is 5.91 Å². The van der Waals surface area contributed by atoms with Crippen LogP contribution >= 0.6 is 0 Å². The number of rotatable bonds is 7. The van der Waals surface area contributed by atoms with Gasteiger partial charge in [0.05, 0.1) is 23.8 Å². The predicted molar refractivity (Wildman–Crippen MR) is 90.5 cm³/mol. The van der Waals surface area contributed by atoms with Crippen LogP contribution in [0.1, 0.15) is 29.0 Å². The van der Waals surface area contributed by atoms with Gasteiger partial charge in [-0.2, -0.15) is 0 Å². The maximum atomic E-state index is 12.3. The monoisotopic (exact) mass is 364 g/mol. The molecule has 2 N–H and O–H groups in total. The first-order valence-corrected chi connectivity index (χ1v) is 9.55. The zero-order valence-electron chi connectivity index (χ0n) is 13.6. The van der Waals surface area contributed by atoms with Gasteiger partial charge in [0, 0.05) is 18.7 Å². The first kappa shape index (κ1) is 17.7. The molecular formula is C17H20N2O5S. The molecule has 2 aromatic rings. The molecule has 0 aliphatic carbocycles. The second kappa shape index (κ2) is 7.81. The van der Waals surface area contributed by atoms with Crippen LogP contribution in [0.15, 0.2) is 52.0 Å². The number of carbonyl (C=O) groups excluding carboxylic acids is 1. The fourth-order valence-corrected chi connectivity index (χ4v) is 3.63. The van der Waals surface area contributed by atoms with E-state index in [0.29, 0.717) is 17.9 Å². The van der Waals surface area contributed by atoms with Gasteiger partial charge in [-0.25, -0.2) is 13.1 Å². The Kier molecular flexibility index (Phi) is 5.52. The van der Waals surface area contributed by atoms with E-state index in [1.54, 1.807) is 12.1 Å². The second-order valence-corrected chi connectivity index (χ2v) is 7.54. The SMILES string of the molecule is O=C(NCc1ccco1)c1ccc(S(=O)(=O)NC[C@@H]2CCCO2)cc1. The molecule has 1 atom stereocenters. The molecule has 1 aliphatic rings. The summed E-state index contributed by atoms with van der Waals surface area (Å²) >= 11 is 0. The average Bonchev–Trinajstić information content (AvgIpc) is 3.31. The third-order valence-corrected chi connectivity index (χ3v) is 5.39. The summed E-state index contributed by atoms with van der Waals surface area (Å²) < 4.78 is 37.6. The zero-order chi connectivity index (χ0) is 17.7. The van der Waals surface area contributed by atoms with Crippen LogP contribution in [0.2, 0.25) is 0 Å². The number of hydrogen-bond acceptors (Lipinski definition) is 5. The van der Waals surface area contributed by atoms with Crippen molar-refractivity contribution >= 4 is 15.9 Å². The molecule has 134 valence electrons. The standard InChI is InChI=1S/C17H20N2O5S/c20-17(18-11-14-3-1-9-23-14)13-5-7-16(8-6-13)25(21,22)19-12-15-4-2-10-24-15/h1,3,5-9,15,19H,2,4,10-12H2,(H,18,20)/t15-/m0/s1. The van der Waals surface area contributed by atoms with Crippen molar-refractivity contribution in [1.29, 1.82) is 0 Å². The lowest BCUT2D eigenvalue weighted by Gasteiger charge is -2.11. The van der Waals surface area contributed by atoms with Crippen LogP contribution in [-0.2, 0) is 21.3 Å². The Hall–Kier alpha value is -2.16. The van der Waals surface area contributed by atoms with E-state index in [4.69, 9.17) is 9.15 Å². The molecule has 1 aromatic carbocycles. The Morgan fingerprint density at radius 3 is 2.64 bits per heavy atom. The van der Waals surface area contributed by atoms with Crippen molar-refractivity contribution in [3.05, 3.63) is 54.0 Å². The number of nitrogens with one attached hydrogen (secondary N) is 2. The minimum absolute atomic E-state index is 0.0681. The highest BCUT2D eigenvalue weighted by Gasteiger charge is 2.20. The highest BCUT2D eigenvalue weighted by molar-refractivity contribution is 7.89. The summed E-state index contributed by atoms with van der Waals surface area (Å²) in [6.07, 6.45) is 3.28. The Morgan fingerprint density at radius 1 is 1.20 bits per heavy atom. The Bertz CT molecular complexity index is 794. The van der Waals surface area contributed by atoms with Gasteiger partial charge in [-0.1, -0.05) is 0 Å². The first-order chi connectivity index (χ1) is 12.0. The quantitative estimate of drug-likeness (QED) is 0.779. The fourth-order valence-electron chi connectivity index (χ4n) is 2.56. The summed E-state index contributed by atoms with van der Waals surface area (Å²) in [7, 11) is -3.61. The molecule has 1 saturated heterocycles. The first-order valence-electron chi connectivity index (χ1n) is 8.06. The van der Waals surface area contributed by atoms with Crippen molar-refractivity contribution in [1.82, 2.24) is 10.0 Å². The smallest absolute Gasteiger partial charge is 0.251 e. The lowest BCUT2D eigenvalue weighted by atomic mass is 10.2. The topological polar surface area (TPSA) is 97.6 Å². The molecule has 25 heavy (non-hydrogen) atoms. The van der Waals surface area contributed by atoms with Crippen molar-refractivity contribution in [3.8, 4) is 0 Å². The number of carbonyl (C=O) groups is 1. The van der Waals surface area contributed by atoms with Crippen LogP contribution in [0.5, 0.6) is 0 Å². The molecule has 1 amide bonds. The third-order valence-electron chi connectivity index (χ3n) is 3.96. The second-order valence-electron chi connectivity index (χ2n) is 5.77. The summed E-state index contributed by atoms with van der Waals surface area (Å²) in [5.41, 5.74) is 0.379. The molecule has 0 unspecified atom stereocenters. The molecule has 1 aliphatic heterocycles. The molecule has 2 heterocycles. The summed E-state index contributed by atoms with van der Waals surface area (Å²) in [5, 5.41) is 2.71. The van der Waals surface area contributed by atoms with E-state index < -0.39 is 10.0 Å². The maximum Gasteiger partial charge on any atom is 0.251 e. The number of hydrogen-bond donors (Lipinski definition) is 2. The van der Waals surface area contributed by atoms with Gasteiger partial charge in [0.2, 0.25) is 10.0 Å². The van der Waals surface area contributed by atoms with Crippen molar-refractivity contribution < 1.29 is 22.4 Å². The molecule has 1 fully saturated rings. The maximum absolute atomic E-state index is 12.3. The van der Waals surface area contributed by atoms with Crippen LogP contribution in [0.4, 0.5) is 0 Å².